The van der Waals surface area contributed by atoms with E-state index in [4.69, 9.17) is 0 Å². The fourth-order valence-corrected chi connectivity index (χ4v) is 2.28. The first-order chi connectivity index (χ1) is 8.33. The van der Waals surface area contributed by atoms with Crippen molar-refractivity contribution in [2.75, 3.05) is 0 Å². The number of aromatic nitrogens is 2. The van der Waals surface area contributed by atoms with E-state index in [9.17, 15) is 0 Å². The molecule has 0 bridgehead atoms. The van der Waals surface area contributed by atoms with Crippen LogP contribution in [0.4, 0.5) is 0 Å². The minimum Gasteiger partial charge on any atom is -0.298 e. The molecule has 0 radical (unpaired) electrons. The molecule has 2 nitrogen and oxygen atoms in total. The highest BCUT2D eigenvalue weighted by molar-refractivity contribution is 6.08. The number of pyridine rings is 1. The van der Waals surface area contributed by atoms with Gasteiger partial charge < -0.3 is 0 Å². The van der Waals surface area contributed by atoms with Crippen molar-refractivity contribution >= 4 is 27.6 Å². The van der Waals surface area contributed by atoms with Crippen LogP contribution in [0.2, 0.25) is 0 Å². The lowest BCUT2D eigenvalue weighted by Gasteiger charge is -2.05. The van der Waals surface area contributed by atoms with E-state index in [-0.39, 0.29) is 0 Å². The Kier molecular flexibility index (Phi) is 2.22. The standard InChI is InChI=1S/C15H14N2/c1-3-11(2)17-14-9-5-4-7-12(14)13-8-6-10-16-15(13)17/h3-10H,1-2H3/b11-3+. The van der Waals surface area contributed by atoms with Crippen molar-refractivity contribution in [3.63, 3.8) is 0 Å². The molecule has 0 aliphatic rings. The smallest absolute Gasteiger partial charge is 0.145 e. The first-order valence-electron chi connectivity index (χ1n) is 5.80. The highest BCUT2D eigenvalue weighted by atomic mass is 15.0. The van der Waals surface area contributed by atoms with Gasteiger partial charge >= 0.3 is 0 Å². The molecule has 17 heavy (non-hydrogen) atoms. The van der Waals surface area contributed by atoms with Crippen molar-refractivity contribution in [3.05, 3.63) is 48.7 Å². The summed E-state index contributed by atoms with van der Waals surface area (Å²) in [4.78, 5) is 4.51. The average Bonchev–Trinajstić information content (AvgIpc) is 2.72. The van der Waals surface area contributed by atoms with Crippen LogP contribution in [0.5, 0.6) is 0 Å². The number of hydrogen-bond acceptors (Lipinski definition) is 1. The Hall–Kier alpha value is -2.09. The van der Waals surface area contributed by atoms with Crippen molar-refractivity contribution in [3.8, 4) is 0 Å². The molecule has 0 atom stereocenters. The molecule has 0 spiro atoms. The van der Waals surface area contributed by atoms with E-state index in [0.29, 0.717) is 0 Å². The van der Waals surface area contributed by atoms with E-state index in [0.717, 1.165) is 5.65 Å². The summed E-state index contributed by atoms with van der Waals surface area (Å²) < 4.78 is 2.21. The number of fused-ring (bicyclic) bond motifs is 3. The Morgan fingerprint density at radius 2 is 1.88 bits per heavy atom. The largest absolute Gasteiger partial charge is 0.298 e. The topological polar surface area (TPSA) is 17.8 Å². The summed E-state index contributed by atoms with van der Waals surface area (Å²) in [5.74, 6) is 0. The van der Waals surface area contributed by atoms with E-state index in [1.807, 2.05) is 12.3 Å². The lowest BCUT2D eigenvalue weighted by Crippen LogP contribution is -1.93. The van der Waals surface area contributed by atoms with Gasteiger partial charge in [-0.3, -0.25) is 4.57 Å². The van der Waals surface area contributed by atoms with Gasteiger partial charge in [0.2, 0.25) is 0 Å². The maximum absolute atomic E-state index is 4.51. The van der Waals surface area contributed by atoms with Crippen LogP contribution in [0.3, 0.4) is 0 Å². The maximum atomic E-state index is 4.51. The summed E-state index contributed by atoms with van der Waals surface area (Å²) in [5, 5.41) is 2.47. The van der Waals surface area contributed by atoms with Crippen molar-refractivity contribution in [2.45, 2.75) is 13.8 Å². The summed E-state index contributed by atoms with van der Waals surface area (Å²) in [6.07, 6.45) is 3.96. The Balaban J connectivity index is 2.59. The molecule has 0 fully saturated rings. The van der Waals surface area contributed by atoms with Gasteiger partial charge in [-0.1, -0.05) is 24.3 Å². The van der Waals surface area contributed by atoms with Crippen molar-refractivity contribution in [1.29, 1.82) is 0 Å². The van der Waals surface area contributed by atoms with Crippen LogP contribution in [0.1, 0.15) is 13.8 Å². The van der Waals surface area contributed by atoms with E-state index >= 15 is 0 Å². The van der Waals surface area contributed by atoms with Gasteiger partial charge in [0.25, 0.3) is 0 Å². The molecule has 1 aromatic carbocycles. The van der Waals surface area contributed by atoms with Crippen LogP contribution < -0.4 is 0 Å². The Bertz CT molecular complexity index is 667. The quantitative estimate of drug-likeness (QED) is 0.607. The lowest BCUT2D eigenvalue weighted by atomic mass is 10.2. The first kappa shape index (κ1) is 10.1. The molecule has 2 heterocycles. The third-order valence-electron chi connectivity index (χ3n) is 3.20. The van der Waals surface area contributed by atoms with Gasteiger partial charge in [-0.15, -0.1) is 0 Å². The molecule has 0 aliphatic carbocycles. The van der Waals surface area contributed by atoms with Gasteiger partial charge in [0, 0.05) is 22.7 Å². The van der Waals surface area contributed by atoms with Crippen LogP contribution in [0, 0.1) is 0 Å². The third kappa shape index (κ3) is 1.37. The van der Waals surface area contributed by atoms with Crippen LogP contribution in [0.15, 0.2) is 48.7 Å². The van der Waals surface area contributed by atoms with Crippen molar-refractivity contribution in [2.24, 2.45) is 0 Å². The average molecular weight is 222 g/mol. The maximum Gasteiger partial charge on any atom is 0.145 e. The molecule has 84 valence electrons. The second kappa shape index (κ2) is 3.74. The molecule has 0 unspecified atom stereocenters. The predicted octanol–water partition coefficient (Wildman–Crippen LogP) is 4.07. The van der Waals surface area contributed by atoms with E-state index < -0.39 is 0 Å². The van der Waals surface area contributed by atoms with Crippen LogP contribution in [0.25, 0.3) is 27.6 Å². The molecule has 0 amide bonds. The number of benzene rings is 1. The summed E-state index contributed by atoms with van der Waals surface area (Å²) in [5.41, 5.74) is 3.45. The van der Waals surface area contributed by atoms with E-state index in [1.165, 1.54) is 22.0 Å². The van der Waals surface area contributed by atoms with Gasteiger partial charge in [-0.2, -0.15) is 0 Å². The Morgan fingerprint density at radius 1 is 1.12 bits per heavy atom. The zero-order valence-corrected chi connectivity index (χ0v) is 10.0. The van der Waals surface area contributed by atoms with Gasteiger partial charge in [-0.25, -0.2) is 4.98 Å². The first-order valence-corrected chi connectivity index (χ1v) is 5.80. The van der Waals surface area contributed by atoms with E-state index in [2.05, 4.69) is 59.8 Å². The molecule has 3 aromatic rings. The second-order valence-electron chi connectivity index (χ2n) is 4.16. The fraction of sp³-hybridized carbons (Fsp3) is 0.133. The third-order valence-corrected chi connectivity index (χ3v) is 3.20. The molecule has 0 aliphatic heterocycles. The van der Waals surface area contributed by atoms with Gasteiger partial charge in [0.1, 0.15) is 5.65 Å². The number of hydrogen-bond donors (Lipinski definition) is 0. The van der Waals surface area contributed by atoms with Gasteiger partial charge in [0.15, 0.2) is 0 Å². The second-order valence-corrected chi connectivity index (χ2v) is 4.16. The minimum atomic E-state index is 1.03. The summed E-state index contributed by atoms with van der Waals surface area (Å²) >= 11 is 0. The molecule has 2 aromatic heterocycles. The molecule has 0 saturated carbocycles. The van der Waals surface area contributed by atoms with Crippen LogP contribution >= 0.6 is 0 Å². The monoisotopic (exact) mass is 222 g/mol. The molecule has 3 rings (SSSR count). The molecular formula is C15H14N2. The van der Waals surface area contributed by atoms with Crippen LogP contribution in [-0.4, -0.2) is 9.55 Å². The zero-order chi connectivity index (χ0) is 11.8. The lowest BCUT2D eigenvalue weighted by molar-refractivity contribution is 1.15. The van der Waals surface area contributed by atoms with Gasteiger partial charge in [0.05, 0.1) is 5.52 Å². The number of nitrogens with zero attached hydrogens (tertiary/aromatic N) is 2. The van der Waals surface area contributed by atoms with E-state index in [1.54, 1.807) is 0 Å². The predicted molar refractivity (Wildman–Crippen MR) is 72.9 cm³/mol. The number of rotatable bonds is 1. The van der Waals surface area contributed by atoms with Crippen LogP contribution in [-0.2, 0) is 0 Å². The molecule has 0 N–H and O–H groups in total. The number of para-hydroxylation sites is 1. The molecular weight excluding hydrogens is 208 g/mol. The SMILES string of the molecule is C/C=C(\C)n1c2ccccc2c2cccnc21. The van der Waals surface area contributed by atoms with Gasteiger partial charge in [-0.05, 0) is 32.0 Å². The fourth-order valence-electron chi connectivity index (χ4n) is 2.28. The summed E-state index contributed by atoms with van der Waals surface area (Å²) in [6.45, 7) is 4.17. The highest BCUT2D eigenvalue weighted by Gasteiger charge is 2.10. The summed E-state index contributed by atoms with van der Waals surface area (Å²) in [7, 11) is 0. The Morgan fingerprint density at radius 3 is 2.71 bits per heavy atom. The van der Waals surface area contributed by atoms with Crippen molar-refractivity contribution in [1.82, 2.24) is 9.55 Å². The highest BCUT2D eigenvalue weighted by Crippen LogP contribution is 2.29. The zero-order valence-electron chi connectivity index (χ0n) is 10.0. The minimum absolute atomic E-state index is 1.03. The van der Waals surface area contributed by atoms with Crippen molar-refractivity contribution < 1.29 is 0 Å². The molecule has 0 saturated heterocycles. The normalized spacial score (nSPS) is 12.5. The summed E-state index contributed by atoms with van der Waals surface area (Å²) in [6, 6.07) is 12.6. The number of allylic oxidation sites excluding steroid dienone is 2. The Labute approximate surface area is 100 Å². The molecule has 2 heteroatoms.